The van der Waals surface area contributed by atoms with Gasteiger partial charge in [-0.3, -0.25) is 0 Å². The number of ether oxygens (including phenoxy) is 1. The molecular weight excluding hydrogens is 216 g/mol. The van der Waals surface area contributed by atoms with Crippen molar-refractivity contribution in [1.82, 2.24) is 0 Å². The van der Waals surface area contributed by atoms with Crippen LogP contribution in [0.1, 0.15) is 52.4 Å². The first-order chi connectivity index (χ1) is 8.04. The summed E-state index contributed by atoms with van der Waals surface area (Å²) in [6, 6.07) is 0. The van der Waals surface area contributed by atoms with Gasteiger partial charge in [-0.1, -0.05) is 32.8 Å². The first-order valence-electron chi connectivity index (χ1n) is 6.59. The number of unbranched alkanes of at least 4 members (excludes halogenated alkanes) is 1. The topological polar surface area (TPSA) is 46.5 Å². The Morgan fingerprint density at radius 1 is 1.47 bits per heavy atom. The Labute approximate surface area is 104 Å². The van der Waals surface area contributed by atoms with Crippen LogP contribution in [0.5, 0.6) is 0 Å². The summed E-state index contributed by atoms with van der Waals surface area (Å²) in [5, 5.41) is 9.96. The van der Waals surface area contributed by atoms with Crippen molar-refractivity contribution in [3.63, 3.8) is 0 Å². The van der Waals surface area contributed by atoms with Crippen LogP contribution in [0.4, 0.5) is 0 Å². The summed E-state index contributed by atoms with van der Waals surface area (Å²) in [4.78, 5) is 11.4. The molecule has 0 saturated heterocycles. The number of carbonyl (C=O) groups is 1. The molecule has 0 aromatic heterocycles. The Kier molecular flexibility index (Phi) is 5.69. The molecule has 0 spiro atoms. The van der Waals surface area contributed by atoms with Crippen molar-refractivity contribution in [3.8, 4) is 0 Å². The van der Waals surface area contributed by atoms with Crippen molar-refractivity contribution < 1.29 is 14.6 Å². The van der Waals surface area contributed by atoms with Crippen molar-refractivity contribution in [2.45, 2.75) is 64.6 Å². The minimum absolute atomic E-state index is 0.336. The monoisotopic (exact) mass is 240 g/mol. The van der Waals surface area contributed by atoms with Crippen LogP contribution in [0.3, 0.4) is 0 Å². The number of aliphatic hydroxyl groups excluding tert-OH is 1. The van der Waals surface area contributed by atoms with Crippen molar-refractivity contribution in [1.29, 1.82) is 0 Å². The highest BCUT2D eigenvalue weighted by Gasteiger charge is 2.31. The standard InChI is InChI=1S/C14H24O3/c1-4-5-6-11-7-8-13(12(15)9-11)17-14(16)10(2)3/h11-13,15H,2,4-9H2,1,3H3/t11?,12?,13-/m1/s1. The van der Waals surface area contributed by atoms with E-state index >= 15 is 0 Å². The van der Waals surface area contributed by atoms with E-state index in [1.807, 2.05) is 0 Å². The molecule has 3 heteroatoms. The second kappa shape index (κ2) is 6.80. The molecule has 0 bridgehead atoms. The molecule has 0 amide bonds. The average Bonchev–Trinajstić information content (AvgIpc) is 2.29. The van der Waals surface area contributed by atoms with Crippen LogP contribution < -0.4 is 0 Å². The van der Waals surface area contributed by atoms with Crippen LogP contribution in [-0.2, 0) is 9.53 Å². The van der Waals surface area contributed by atoms with Gasteiger partial charge < -0.3 is 9.84 Å². The van der Waals surface area contributed by atoms with Gasteiger partial charge >= 0.3 is 5.97 Å². The smallest absolute Gasteiger partial charge is 0.333 e. The Hall–Kier alpha value is -0.830. The summed E-state index contributed by atoms with van der Waals surface area (Å²) in [6.07, 6.45) is 5.32. The summed E-state index contributed by atoms with van der Waals surface area (Å²) in [7, 11) is 0. The fourth-order valence-corrected chi connectivity index (χ4v) is 2.33. The number of aliphatic hydroxyl groups is 1. The Morgan fingerprint density at radius 2 is 2.18 bits per heavy atom. The predicted molar refractivity (Wildman–Crippen MR) is 67.6 cm³/mol. The molecular formula is C14H24O3. The normalized spacial score (nSPS) is 28.8. The molecule has 98 valence electrons. The molecule has 0 aromatic rings. The van der Waals surface area contributed by atoms with E-state index in [2.05, 4.69) is 13.5 Å². The fourth-order valence-electron chi connectivity index (χ4n) is 2.33. The Balaban J connectivity index is 2.37. The van der Waals surface area contributed by atoms with Crippen molar-refractivity contribution in [3.05, 3.63) is 12.2 Å². The van der Waals surface area contributed by atoms with Gasteiger partial charge in [-0.05, 0) is 32.1 Å². The summed E-state index contributed by atoms with van der Waals surface area (Å²) in [5.74, 6) is 0.200. The molecule has 1 fully saturated rings. The number of hydrogen-bond donors (Lipinski definition) is 1. The lowest BCUT2D eigenvalue weighted by molar-refractivity contribution is -0.154. The molecule has 1 rings (SSSR count). The number of esters is 1. The maximum Gasteiger partial charge on any atom is 0.333 e. The highest BCUT2D eigenvalue weighted by atomic mass is 16.6. The Bertz CT molecular complexity index is 273. The van der Waals surface area contributed by atoms with Gasteiger partial charge in [0.15, 0.2) is 0 Å². The Morgan fingerprint density at radius 3 is 2.71 bits per heavy atom. The van der Waals surface area contributed by atoms with Gasteiger partial charge in [0.1, 0.15) is 6.10 Å². The molecule has 0 aliphatic heterocycles. The summed E-state index contributed by atoms with van der Waals surface area (Å²) in [5.41, 5.74) is 0.394. The van der Waals surface area contributed by atoms with Crippen LogP contribution in [0.25, 0.3) is 0 Å². The van der Waals surface area contributed by atoms with Gasteiger partial charge in [0.25, 0.3) is 0 Å². The molecule has 17 heavy (non-hydrogen) atoms. The van der Waals surface area contributed by atoms with Crippen LogP contribution in [0, 0.1) is 5.92 Å². The quantitative estimate of drug-likeness (QED) is 0.593. The number of hydrogen-bond acceptors (Lipinski definition) is 3. The van der Waals surface area contributed by atoms with E-state index < -0.39 is 6.10 Å². The van der Waals surface area contributed by atoms with Crippen LogP contribution in [0.2, 0.25) is 0 Å². The van der Waals surface area contributed by atoms with Crippen molar-refractivity contribution >= 4 is 5.97 Å². The van der Waals surface area contributed by atoms with E-state index in [1.165, 1.54) is 19.3 Å². The van der Waals surface area contributed by atoms with E-state index in [0.717, 1.165) is 19.3 Å². The van der Waals surface area contributed by atoms with Gasteiger partial charge in [0.05, 0.1) is 6.10 Å². The van der Waals surface area contributed by atoms with Gasteiger partial charge in [-0.15, -0.1) is 0 Å². The highest BCUT2D eigenvalue weighted by Crippen LogP contribution is 2.30. The molecule has 0 radical (unpaired) electrons. The summed E-state index contributed by atoms with van der Waals surface area (Å²) in [6.45, 7) is 7.35. The SMILES string of the molecule is C=C(C)C(=O)O[C@@H]1CCC(CCCC)CC1O. The van der Waals surface area contributed by atoms with Gasteiger partial charge in [0.2, 0.25) is 0 Å². The summed E-state index contributed by atoms with van der Waals surface area (Å²) < 4.78 is 5.23. The van der Waals surface area contributed by atoms with Gasteiger partial charge in [0, 0.05) is 5.57 Å². The maximum atomic E-state index is 11.4. The second-order valence-corrected chi connectivity index (χ2v) is 5.11. The minimum atomic E-state index is -0.506. The molecule has 3 atom stereocenters. The molecule has 0 heterocycles. The molecule has 0 aromatic carbocycles. The first-order valence-corrected chi connectivity index (χ1v) is 6.59. The zero-order valence-electron chi connectivity index (χ0n) is 10.9. The minimum Gasteiger partial charge on any atom is -0.456 e. The zero-order chi connectivity index (χ0) is 12.8. The first kappa shape index (κ1) is 14.2. The largest absolute Gasteiger partial charge is 0.456 e. The third-order valence-corrected chi connectivity index (χ3v) is 3.44. The van der Waals surface area contributed by atoms with E-state index in [4.69, 9.17) is 4.74 Å². The van der Waals surface area contributed by atoms with E-state index in [0.29, 0.717) is 11.5 Å². The van der Waals surface area contributed by atoms with E-state index in [9.17, 15) is 9.90 Å². The van der Waals surface area contributed by atoms with Crippen molar-refractivity contribution in [2.75, 3.05) is 0 Å². The van der Waals surface area contributed by atoms with Crippen molar-refractivity contribution in [2.24, 2.45) is 5.92 Å². The zero-order valence-corrected chi connectivity index (χ0v) is 10.9. The fraction of sp³-hybridized carbons (Fsp3) is 0.786. The average molecular weight is 240 g/mol. The van der Waals surface area contributed by atoms with E-state index in [-0.39, 0.29) is 12.1 Å². The highest BCUT2D eigenvalue weighted by molar-refractivity contribution is 5.87. The third kappa shape index (κ3) is 4.50. The number of rotatable bonds is 5. The molecule has 1 N–H and O–H groups in total. The van der Waals surface area contributed by atoms with Crippen LogP contribution in [-0.4, -0.2) is 23.3 Å². The van der Waals surface area contributed by atoms with Gasteiger partial charge in [-0.25, -0.2) is 4.79 Å². The lowest BCUT2D eigenvalue weighted by Gasteiger charge is -2.32. The predicted octanol–water partition coefficient (Wildman–Crippen LogP) is 2.83. The second-order valence-electron chi connectivity index (χ2n) is 5.11. The van der Waals surface area contributed by atoms with Crippen LogP contribution in [0.15, 0.2) is 12.2 Å². The lowest BCUT2D eigenvalue weighted by Crippen LogP contribution is -2.37. The van der Waals surface area contributed by atoms with Gasteiger partial charge in [-0.2, -0.15) is 0 Å². The molecule has 2 unspecified atom stereocenters. The molecule has 1 saturated carbocycles. The van der Waals surface area contributed by atoms with Crippen LogP contribution >= 0.6 is 0 Å². The number of carbonyl (C=O) groups excluding carboxylic acids is 1. The molecule has 3 nitrogen and oxygen atoms in total. The molecule has 1 aliphatic carbocycles. The third-order valence-electron chi connectivity index (χ3n) is 3.44. The van der Waals surface area contributed by atoms with E-state index in [1.54, 1.807) is 6.92 Å². The molecule has 1 aliphatic rings. The lowest BCUT2D eigenvalue weighted by atomic mass is 9.82. The maximum absolute atomic E-state index is 11.4. The summed E-state index contributed by atoms with van der Waals surface area (Å²) >= 11 is 0.